The molecule has 1 saturated heterocycles. The van der Waals surface area contributed by atoms with Crippen molar-refractivity contribution in [3.63, 3.8) is 0 Å². The summed E-state index contributed by atoms with van der Waals surface area (Å²) in [6.07, 6.45) is 1.73. The maximum absolute atomic E-state index is 12.3. The van der Waals surface area contributed by atoms with Crippen LogP contribution in [0.2, 0.25) is 5.02 Å². The van der Waals surface area contributed by atoms with E-state index in [0.29, 0.717) is 22.8 Å². The number of carbonyl (C=O) groups excluding carboxylic acids is 1. The molecule has 1 aromatic rings. The molecule has 0 radical (unpaired) electrons. The predicted molar refractivity (Wildman–Crippen MR) is 67.0 cm³/mol. The first-order valence-corrected chi connectivity index (χ1v) is 5.98. The molecule has 0 aromatic heterocycles. The zero-order valence-corrected chi connectivity index (χ0v) is 10.2. The van der Waals surface area contributed by atoms with Crippen LogP contribution >= 0.6 is 11.6 Å². The van der Waals surface area contributed by atoms with Crippen LogP contribution in [0.15, 0.2) is 18.2 Å². The van der Waals surface area contributed by atoms with E-state index in [0.717, 1.165) is 12.8 Å². The van der Waals surface area contributed by atoms with Gasteiger partial charge in [0.25, 0.3) is 5.91 Å². The van der Waals surface area contributed by atoms with Crippen molar-refractivity contribution in [2.45, 2.75) is 18.9 Å². The van der Waals surface area contributed by atoms with Crippen LogP contribution in [0.25, 0.3) is 0 Å². The van der Waals surface area contributed by atoms with E-state index in [1.54, 1.807) is 23.1 Å². The minimum Gasteiger partial charge on any atom is -0.398 e. The maximum Gasteiger partial charge on any atom is 0.257 e. The second-order valence-corrected chi connectivity index (χ2v) is 4.59. The highest BCUT2D eigenvalue weighted by Gasteiger charge is 2.30. The Hall–Kier alpha value is -1.26. The molecule has 17 heavy (non-hydrogen) atoms. The Balaban J connectivity index is 2.31. The molecule has 1 aliphatic heterocycles. The van der Waals surface area contributed by atoms with Gasteiger partial charge in [0.2, 0.25) is 0 Å². The number of likely N-dealkylation sites (tertiary alicyclic amines) is 1. The number of aliphatic hydroxyl groups excluding tert-OH is 1. The van der Waals surface area contributed by atoms with Crippen molar-refractivity contribution < 1.29 is 9.90 Å². The Morgan fingerprint density at radius 2 is 2.35 bits per heavy atom. The van der Waals surface area contributed by atoms with Gasteiger partial charge in [0.1, 0.15) is 0 Å². The summed E-state index contributed by atoms with van der Waals surface area (Å²) in [5.74, 6) is -0.190. The van der Waals surface area contributed by atoms with Crippen molar-refractivity contribution in [3.05, 3.63) is 28.8 Å². The number of rotatable bonds is 2. The van der Waals surface area contributed by atoms with Crippen molar-refractivity contribution in [2.75, 3.05) is 18.9 Å². The van der Waals surface area contributed by atoms with E-state index in [2.05, 4.69) is 0 Å². The van der Waals surface area contributed by atoms with Gasteiger partial charge in [-0.15, -0.1) is 0 Å². The summed E-state index contributed by atoms with van der Waals surface area (Å²) in [5, 5.41) is 9.57. The molecular weight excluding hydrogens is 240 g/mol. The van der Waals surface area contributed by atoms with Crippen LogP contribution in [0.1, 0.15) is 23.2 Å². The summed E-state index contributed by atoms with van der Waals surface area (Å²) in [4.78, 5) is 14.0. The molecule has 3 N–H and O–H groups in total. The monoisotopic (exact) mass is 254 g/mol. The number of nitrogens with two attached hydrogens (primary N) is 1. The van der Waals surface area contributed by atoms with Gasteiger partial charge >= 0.3 is 0 Å². The van der Waals surface area contributed by atoms with Crippen LogP contribution in [0, 0.1) is 0 Å². The van der Waals surface area contributed by atoms with Gasteiger partial charge in [-0.2, -0.15) is 0 Å². The first kappa shape index (κ1) is 12.2. The van der Waals surface area contributed by atoms with Gasteiger partial charge in [0.05, 0.1) is 23.2 Å². The molecule has 92 valence electrons. The minimum absolute atomic E-state index is 0.0178. The molecule has 1 amide bonds. The number of anilines is 1. The number of hydrogen-bond donors (Lipinski definition) is 2. The molecule has 1 heterocycles. The third-order valence-electron chi connectivity index (χ3n) is 3.11. The second-order valence-electron chi connectivity index (χ2n) is 4.18. The van der Waals surface area contributed by atoms with Gasteiger partial charge < -0.3 is 15.7 Å². The molecule has 1 fully saturated rings. The summed E-state index contributed by atoms with van der Waals surface area (Å²) in [5.41, 5.74) is 6.51. The quantitative estimate of drug-likeness (QED) is 0.787. The zero-order chi connectivity index (χ0) is 12.4. The number of carbonyl (C=O) groups is 1. The van der Waals surface area contributed by atoms with Crippen LogP contribution < -0.4 is 5.73 Å². The van der Waals surface area contributed by atoms with E-state index in [1.807, 2.05) is 0 Å². The third-order valence-corrected chi connectivity index (χ3v) is 3.42. The summed E-state index contributed by atoms with van der Waals surface area (Å²) in [6.45, 7) is 0.630. The normalized spacial score (nSPS) is 19.6. The van der Waals surface area contributed by atoms with Crippen molar-refractivity contribution in [1.29, 1.82) is 0 Å². The summed E-state index contributed by atoms with van der Waals surface area (Å²) in [6, 6.07) is 4.90. The molecule has 0 saturated carbocycles. The molecule has 1 aliphatic rings. The Kier molecular flexibility index (Phi) is 3.54. The molecule has 1 atom stereocenters. The van der Waals surface area contributed by atoms with Gasteiger partial charge in [-0.25, -0.2) is 0 Å². The zero-order valence-electron chi connectivity index (χ0n) is 9.40. The van der Waals surface area contributed by atoms with Gasteiger partial charge in [0.15, 0.2) is 0 Å². The highest BCUT2D eigenvalue weighted by Crippen LogP contribution is 2.27. The number of aliphatic hydroxyl groups is 1. The number of halogens is 1. The van der Waals surface area contributed by atoms with E-state index in [9.17, 15) is 9.90 Å². The van der Waals surface area contributed by atoms with E-state index in [1.165, 1.54) is 0 Å². The molecule has 0 spiro atoms. The fraction of sp³-hybridized carbons (Fsp3) is 0.417. The van der Waals surface area contributed by atoms with Crippen molar-refractivity contribution >= 4 is 23.2 Å². The Labute approximate surface area is 105 Å². The number of benzene rings is 1. The van der Waals surface area contributed by atoms with Crippen molar-refractivity contribution in [3.8, 4) is 0 Å². The highest BCUT2D eigenvalue weighted by atomic mass is 35.5. The van der Waals surface area contributed by atoms with E-state index < -0.39 is 0 Å². The van der Waals surface area contributed by atoms with E-state index in [4.69, 9.17) is 17.3 Å². The van der Waals surface area contributed by atoms with Gasteiger partial charge in [-0.1, -0.05) is 17.7 Å². The molecular formula is C12H15ClN2O2. The average Bonchev–Trinajstić information content (AvgIpc) is 2.76. The Bertz CT molecular complexity index is 416. The summed E-state index contributed by atoms with van der Waals surface area (Å²) in [7, 11) is 0. The van der Waals surface area contributed by atoms with Crippen LogP contribution in [0.5, 0.6) is 0 Å². The van der Waals surface area contributed by atoms with Crippen LogP contribution in [0.4, 0.5) is 5.69 Å². The van der Waals surface area contributed by atoms with Crippen LogP contribution in [-0.4, -0.2) is 35.1 Å². The lowest BCUT2D eigenvalue weighted by atomic mass is 10.1. The first-order valence-electron chi connectivity index (χ1n) is 5.61. The average molecular weight is 255 g/mol. The fourth-order valence-electron chi connectivity index (χ4n) is 2.20. The smallest absolute Gasteiger partial charge is 0.257 e. The molecule has 0 unspecified atom stereocenters. The number of nitrogens with zero attached hydrogens (tertiary/aromatic N) is 1. The topological polar surface area (TPSA) is 66.6 Å². The lowest BCUT2D eigenvalue weighted by Crippen LogP contribution is -2.38. The van der Waals surface area contributed by atoms with Gasteiger partial charge in [-0.05, 0) is 25.0 Å². The van der Waals surface area contributed by atoms with Crippen LogP contribution in [0.3, 0.4) is 0 Å². The first-order chi connectivity index (χ1) is 8.15. The van der Waals surface area contributed by atoms with Crippen molar-refractivity contribution in [1.82, 2.24) is 4.90 Å². The lowest BCUT2D eigenvalue weighted by molar-refractivity contribution is 0.0679. The van der Waals surface area contributed by atoms with Gasteiger partial charge in [0, 0.05) is 12.2 Å². The summed E-state index contributed by atoms with van der Waals surface area (Å²) < 4.78 is 0. The number of amides is 1. The number of hydrogen-bond acceptors (Lipinski definition) is 3. The summed E-state index contributed by atoms with van der Waals surface area (Å²) >= 11 is 6.00. The maximum atomic E-state index is 12.3. The Morgan fingerprint density at radius 3 is 3.00 bits per heavy atom. The van der Waals surface area contributed by atoms with E-state index >= 15 is 0 Å². The molecule has 0 aliphatic carbocycles. The largest absolute Gasteiger partial charge is 0.398 e. The standard InChI is InChI=1S/C12H15ClN2O2/c13-9-4-1-5-10(14)11(9)12(17)15-6-2-3-8(15)7-16/h1,4-5,8,16H,2-3,6-7,14H2/t8-/m0/s1. The SMILES string of the molecule is Nc1cccc(Cl)c1C(=O)N1CCC[C@H]1CO. The molecule has 1 aromatic carbocycles. The highest BCUT2D eigenvalue weighted by molar-refractivity contribution is 6.34. The lowest BCUT2D eigenvalue weighted by Gasteiger charge is -2.24. The Morgan fingerprint density at radius 1 is 1.59 bits per heavy atom. The van der Waals surface area contributed by atoms with E-state index in [-0.39, 0.29) is 18.6 Å². The third kappa shape index (κ3) is 2.23. The molecule has 0 bridgehead atoms. The minimum atomic E-state index is -0.190. The van der Waals surface area contributed by atoms with Gasteiger partial charge in [-0.3, -0.25) is 4.79 Å². The van der Waals surface area contributed by atoms with Crippen molar-refractivity contribution in [2.24, 2.45) is 0 Å². The second kappa shape index (κ2) is 4.94. The molecule has 5 heteroatoms. The predicted octanol–water partition coefficient (Wildman–Crippen LogP) is 1.52. The molecule has 2 rings (SSSR count). The number of nitrogen functional groups attached to an aromatic ring is 1. The van der Waals surface area contributed by atoms with Crippen LogP contribution in [-0.2, 0) is 0 Å². The fourth-order valence-corrected chi connectivity index (χ4v) is 2.47. The molecule has 4 nitrogen and oxygen atoms in total.